The van der Waals surface area contributed by atoms with E-state index in [1.807, 2.05) is 43.3 Å². The summed E-state index contributed by atoms with van der Waals surface area (Å²) >= 11 is 0. The molecule has 3 aromatic rings. The van der Waals surface area contributed by atoms with Crippen molar-refractivity contribution in [2.75, 3.05) is 6.61 Å². The molecular formula is C20H17FN2O2. The molecule has 0 fully saturated rings. The number of carbonyl (C=O) groups is 1. The van der Waals surface area contributed by atoms with E-state index in [1.54, 1.807) is 6.21 Å². The number of carbonyl (C=O) groups excluding carboxylic acids is 1. The Labute approximate surface area is 144 Å². The van der Waals surface area contributed by atoms with Crippen LogP contribution < -0.4 is 10.2 Å². The number of halogens is 1. The van der Waals surface area contributed by atoms with Gasteiger partial charge in [-0.2, -0.15) is 5.10 Å². The minimum atomic E-state index is -0.408. The largest absolute Gasteiger partial charge is 0.493 e. The van der Waals surface area contributed by atoms with Crippen LogP contribution >= 0.6 is 0 Å². The third-order valence-electron chi connectivity index (χ3n) is 3.70. The molecule has 25 heavy (non-hydrogen) atoms. The second-order valence-electron chi connectivity index (χ2n) is 5.34. The van der Waals surface area contributed by atoms with E-state index in [9.17, 15) is 9.18 Å². The first kappa shape index (κ1) is 16.6. The molecule has 0 spiro atoms. The van der Waals surface area contributed by atoms with Crippen LogP contribution in [-0.2, 0) is 0 Å². The van der Waals surface area contributed by atoms with Crippen molar-refractivity contribution in [1.29, 1.82) is 0 Å². The molecule has 0 bridgehead atoms. The molecule has 0 heterocycles. The molecule has 0 saturated carbocycles. The zero-order valence-corrected chi connectivity index (χ0v) is 13.7. The average molecular weight is 336 g/mol. The van der Waals surface area contributed by atoms with Gasteiger partial charge in [-0.15, -0.1) is 0 Å². The summed E-state index contributed by atoms with van der Waals surface area (Å²) in [5, 5.41) is 6.07. The Morgan fingerprint density at radius 1 is 1.12 bits per heavy atom. The van der Waals surface area contributed by atoms with E-state index in [-0.39, 0.29) is 0 Å². The molecule has 3 aromatic carbocycles. The number of rotatable bonds is 5. The third kappa shape index (κ3) is 3.83. The summed E-state index contributed by atoms with van der Waals surface area (Å²) in [5.74, 6) is -0.104. The predicted molar refractivity (Wildman–Crippen MR) is 96.6 cm³/mol. The fraction of sp³-hybridized carbons (Fsp3) is 0.100. The number of fused-ring (bicyclic) bond motifs is 1. The van der Waals surface area contributed by atoms with Crippen molar-refractivity contribution in [3.63, 3.8) is 0 Å². The van der Waals surface area contributed by atoms with Crippen LogP contribution in [0.2, 0.25) is 0 Å². The smallest absolute Gasteiger partial charge is 0.271 e. The van der Waals surface area contributed by atoms with Crippen molar-refractivity contribution < 1.29 is 13.9 Å². The van der Waals surface area contributed by atoms with E-state index in [2.05, 4.69) is 10.5 Å². The number of nitrogens with zero attached hydrogens (tertiary/aromatic N) is 1. The maximum Gasteiger partial charge on any atom is 0.271 e. The van der Waals surface area contributed by atoms with Crippen molar-refractivity contribution in [3.8, 4) is 5.75 Å². The fourth-order valence-corrected chi connectivity index (χ4v) is 2.51. The summed E-state index contributed by atoms with van der Waals surface area (Å²) in [7, 11) is 0. The molecule has 1 amide bonds. The van der Waals surface area contributed by atoms with Gasteiger partial charge in [0.15, 0.2) is 0 Å². The molecule has 126 valence electrons. The Balaban J connectivity index is 1.86. The molecule has 5 heteroatoms. The predicted octanol–water partition coefficient (Wildman–Crippen LogP) is 4.14. The van der Waals surface area contributed by atoms with E-state index in [4.69, 9.17) is 4.74 Å². The maximum atomic E-state index is 12.9. The van der Waals surface area contributed by atoms with Crippen LogP contribution in [0.25, 0.3) is 10.8 Å². The summed E-state index contributed by atoms with van der Waals surface area (Å²) in [6.45, 7) is 2.44. The molecule has 4 nitrogen and oxygen atoms in total. The molecule has 0 radical (unpaired) electrons. The lowest BCUT2D eigenvalue weighted by Crippen LogP contribution is -2.17. The highest BCUT2D eigenvalue weighted by Crippen LogP contribution is 2.26. The van der Waals surface area contributed by atoms with Gasteiger partial charge in [-0.1, -0.05) is 30.3 Å². The molecule has 0 aromatic heterocycles. The summed E-state index contributed by atoms with van der Waals surface area (Å²) in [4.78, 5) is 12.0. The van der Waals surface area contributed by atoms with Gasteiger partial charge in [0.05, 0.1) is 12.8 Å². The summed E-state index contributed by atoms with van der Waals surface area (Å²) in [6.07, 6.45) is 1.56. The van der Waals surface area contributed by atoms with Gasteiger partial charge in [-0.25, -0.2) is 9.82 Å². The number of amides is 1. The lowest BCUT2D eigenvalue weighted by Gasteiger charge is -2.10. The Kier molecular flexibility index (Phi) is 5.04. The van der Waals surface area contributed by atoms with E-state index in [0.717, 1.165) is 16.3 Å². The first-order valence-electron chi connectivity index (χ1n) is 7.92. The summed E-state index contributed by atoms with van der Waals surface area (Å²) in [6, 6.07) is 17.0. The van der Waals surface area contributed by atoms with Crippen LogP contribution in [0.5, 0.6) is 5.75 Å². The van der Waals surface area contributed by atoms with Crippen molar-refractivity contribution in [2.45, 2.75) is 6.92 Å². The lowest BCUT2D eigenvalue weighted by atomic mass is 10.0. The number of hydrazone groups is 1. The second kappa shape index (κ2) is 7.57. The molecule has 0 atom stereocenters. The highest BCUT2D eigenvalue weighted by molar-refractivity contribution is 6.03. The Morgan fingerprint density at radius 2 is 1.88 bits per heavy atom. The van der Waals surface area contributed by atoms with Gasteiger partial charge in [0.2, 0.25) is 0 Å². The van der Waals surface area contributed by atoms with Crippen LogP contribution in [-0.4, -0.2) is 18.7 Å². The van der Waals surface area contributed by atoms with Crippen LogP contribution in [0.4, 0.5) is 4.39 Å². The van der Waals surface area contributed by atoms with Crippen molar-refractivity contribution in [2.24, 2.45) is 5.10 Å². The topological polar surface area (TPSA) is 50.7 Å². The van der Waals surface area contributed by atoms with E-state index in [0.29, 0.717) is 17.9 Å². The highest BCUT2D eigenvalue weighted by atomic mass is 19.1. The SMILES string of the molecule is CCOc1ccc2ccccc2c1/C=N/NC(=O)c1ccc(F)cc1. The zero-order chi connectivity index (χ0) is 17.6. The third-order valence-corrected chi connectivity index (χ3v) is 3.70. The maximum absolute atomic E-state index is 12.9. The average Bonchev–Trinajstić information content (AvgIpc) is 2.64. The Morgan fingerprint density at radius 3 is 2.64 bits per heavy atom. The number of hydrogen-bond donors (Lipinski definition) is 1. The van der Waals surface area contributed by atoms with Gasteiger partial charge in [0, 0.05) is 11.1 Å². The molecule has 0 aliphatic rings. The second-order valence-corrected chi connectivity index (χ2v) is 5.34. The van der Waals surface area contributed by atoms with Gasteiger partial charge in [0.1, 0.15) is 11.6 Å². The van der Waals surface area contributed by atoms with Crippen LogP contribution in [0.1, 0.15) is 22.8 Å². The quantitative estimate of drug-likeness (QED) is 0.562. The number of ether oxygens (including phenoxy) is 1. The van der Waals surface area contributed by atoms with Crippen molar-refractivity contribution in [3.05, 3.63) is 77.6 Å². The van der Waals surface area contributed by atoms with Crippen LogP contribution in [0.3, 0.4) is 0 Å². The highest BCUT2D eigenvalue weighted by Gasteiger charge is 2.08. The number of benzene rings is 3. The zero-order valence-electron chi connectivity index (χ0n) is 13.7. The Bertz CT molecular complexity index is 921. The normalized spacial score (nSPS) is 11.0. The molecule has 0 aliphatic carbocycles. The number of hydrogen-bond acceptors (Lipinski definition) is 3. The minimum absolute atomic E-state index is 0.335. The molecule has 3 rings (SSSR count). The van der Waals surface area contributed by atoms with Gasteiger partial charge in [0.25, 0.3) is 5.91 Å². The van der Waals surface area contributed by atoms with Crippen molar-refractivity contribution in [1.82, 2.24) is 5.43 Å². The van der Waals surface area contributed by atoms with Gasteiger partial charge in [-0.3, -0.25) is 4.79 Å². The Hall–Kier alpha value is -3.21. The van der Waals surface area contributed by atoms with Crippen LogP contribution in [0.15, 0.2) is 65.8 Å². The summed E-state index contributed by atoms with van der Waals surface area (Å²) < 4.78 is 18.6. The minimum Gasteiger partial charge on any atom is -0.493 e. The molecular weight excluding hydrogens is 319 g/mol. The standard InChI is InChI=1S/C20H17FN2O2/c1-2-25-19-12-9-14-5-3-4-6-17(14)18(19)13-22-23-20(24)15-7-10-16(21)11-8-15/h3-13H,2H2,1H3,(H,23,24)/b22-13+. The summed E-state index contributed by atoms with van der Waals surface area (Å²) in [5.41, 5.74) is 3.58. The van der Waals surface area contributed by atoms with Gasteiger partial charge in [-0.05, 0) is 48.0 Å². The first-order valence-corrected chi connectivity index (χ1v) is 7.92. The fourth-order valence-electron chi connectivity index (χ4n) is 2.51. The number of nitrogens with one attached hydrogen (secondary N) is 1. The van der Waals surface area contributed by atoms with E-state index >= 15 is 0 Å². The van der Waals surface area contributed by atoms with Gasteiger partial charge < -0.3 is 4.74 Å². The molecule has 0 unspecified atom stereocenters. The first-order chi connectivity index (χ1) is 12.2. The van der Waals surface area contributed by atoms with Gasteiger partial charge >= 0.3 is 0 Å². The molecule has 1 N–H and O–H groups in total. The molecule has 0 aliphatic heterocycles. The van der Waals surface area contributed by atoms with E-state index in [1.165, 1.54) is 24.3 Å². The van der Waals surface area contributed by atoms with Crippen molar-refractivity contribution >= 4 is 22.9 Å². The van der Waals surface area contributed by atoms with Crippen LogP contribution in [0, 0.1) is 5.82 Å². The van der Waals surface area contributed by atoms with E-state index < -0.39 is 11.7 Å². The lowest BCUT2D eigenvalue weighted by molar-refractivity contribution is 0.0955. The monoisotopic (exact) mass is 336 g/mol. The molecule has 0 saturated heterocycles.